The van der Waals surface area contributed by atoms with Gasteiger partial charge in [-0.3, -0.25) is 4.79 Å². The molecule has 0 heterocycles. The number of carbonyl (C=O) groups is 1. The van der Waals surface area contributed by atoms with Crippen LogP contribution in [-0.4, -0.2) is 5.91 Å². The van der Waals surface area contributed by atoms with Crippen molar-refractivity contribution in [3.05, 3.63) is 63.1 Å². The van der Waals surface area contributed by atoms with E-state index in [0.717, 1.165) is 26.9 Å². The minimum atomic E-state index is -0.0677. The van der Waals surface area contributed by atoms with Crippen LogP contribution in [-0.2, 0) is 0 Å². The summed E-state index contributed by atoms with van der Waals surface area (Å²) in [5, 5.41) is 2.94. The van der Waals surface area contributed by atoms with Crippen molar-refractivity contribution in [1.82, 2.24) is 0 Å². The minimum absolute atomic E-state index is 0.0677. The number of nitrogens with one attached hydrogen (secondary N) is 1. The molecule has 0 aromatic heterocycles. The average Bonchev–Trinajstić information content (AvgIpc) is 2.30. The van der Waals surface area contributed by atoms with E-state index < -0.39 is 0 Å². The highest BCUT2D eigenvalue weighted by molar-refractivity contribution is 9.10. The molecule has 0 spiro atoms. The van der Waals surface area contributed by atoms with Gasteiger partial charge in [0.25, 0.3) is 5.91 Å². The molecule has 0 aliphatic rings. The Morgan fingerprint density at radius 3 is 2.21 bits per heavy atom. The molecule has 0 saturated carbocycles. The second-order valence-electron chi connectivity index (χ2n) is 4.71. The standard InChI is InChI=1S/C16H16BrNO/c1-10-8-11(2)15(12(3)9-10)16(19)18-14-7-5-4-6-13(14)17/h4-9H,1-3H3,(H,18,19). The predicted octanol–water partition coefficient (Wildman–Crippen LogP) is 4.63. The van der Waals surface area contributed by atoms with Gasteiger partial charge in [-0.1, -0.05) is 29.8 Å². The Kier molecular flexibility index (Phi) is 4.05. The number of aryl methyl sites for hydroxylation is 3. The summed E-state index contributed by atoms with van der Waals surface area (Å²) in [5.41, 5.74) is 4.71. The van der Waals surface area contributed by atoms with Gasteiger partial charge in [0.1, 0.15) is 0 Å². The Bertz CT molecular complexity index is 611. The highest BCUT2D eigenvalue weighted by atomic mass is 79.9. The van der Waals surface area contributed by atoms with Crippen LogP contribution >= 0.6 is 15.9 Å². The molecule has 0 aliphatic carbocycles. The molecule has 0 saturated heterocycles. The van der Waals surface area contributed by atoms with Crippen LogP contribution < -0.4 is 5.32 Å². The molecule has 0 fully saturated rings. The number of halogens is 1. The van der Waals surface area contributed by atoms with E-state index >= 15 is 0 Å². The van der Waals surface area contributed by atoms with Crippen molar-refractivity contribution in [3.63, 3.8) is 0 Å². The fourth-order valence-electron chi connectivity index (χ4n) is 2.29. The number of anilines is 1. The molecular formula is C16H16BrNO. The van der Waals surface area contributed by atoms with Gasteiger partial charge in [-0.25, -0.2) is 0 Å². The van der Waals surface area contributed by atoms with Crippen molar-refractivity contribution in [2.75, 3.05) is 5.32 Å². The third-order valence-electron chi connectivity index (χ3n) is 3.03. The van der Waals surface area contributed by atoms with Gasteiger partial charge in [0.15, 0.2) is 0 Å². The van der Waals surface area contributed by atoms with Gasteiger partial charge in [-0.15, -0.1) is 0 Å². The van der Waals surface area contributed by atoms with E-state index in [1.165, 1.54) is 5.56 Å². The Morgan fingerprint density at radius 2 is 1.63 bits per heavy atom. The van der Waals surface area contributed by atoms with Gasteiger partial charge in [0, 0.05) is 10.0 Å². The van der Waals surface area contributed by atoms with Crippen LogP contribution in [0.5, 0.6) is 0 Å². The largest absolute Gasteiger partial charge is 0.321 e. The molecule has 2 aromatic rings. The summed E-state index contributed by atoms with van der Waals surface area (Å²) in [4.78, 5) is 12.4. The second-order valence-corrected chi connectivity index (χ2v) is 5.56. The highest BCUT2D eigenvalue weighted by Crippen LogP contribution is 2.23. The van der Waals surface area contributed by atoms with Crippen LogP contribution in [0.1, 0.15) is 27.0 Å². The van der Waals surface area contributed by atoms with Crippen molar-refractivity contribution in [2.24, 2.45) is 0 Å². The van der Waals surface area contributed by atoms with Crippen molar-refractivity contribution in [1.29, 1.82) is 0 Å². The van der Waals surface area contributed by atoms with Crippen molar-refractivity contribution < 1.29 is 4.79 Å². The van der Waals surface area contributed by atoms with E-state index in [1.807, 2.05) is 57.2 Å². The smallest absolute Gasteiger partial charge is 0.256 e. The maximum Gasteiger partial charge on any atom is 0.256 e. The van der Waals surface area contributed by atoms with Gasteiger partial charge in [0.05, 0.1) is 5.69 Å². The summed E-state index contributed by atoms with van der Waals surface area (Å²) >= 11 is 3.43. The fraction of sp³-hybridized carbons (Fsp3) is 0.188. The molecule has 0 radical (unpaired) electrons. The van der Waals surface area contributed by atoms with Gasteiger partial charge >= 0.3 is 0 Å². The zero-order valence-corrected chi connectivity index (χ0v) is 12.8. The minimum Gasteiger partial charge on any atom is -0.321 e. The quantitative estimate of drug-likeness (QED) is 0.859. The number of benzene rings is 2. The molecular weight excluding hydrogens is 302 g/mol. The van der Waals surface area contributed by atoms with Crippen LogP contribution in [0.15, 0.2) is 40.9 Å². The van der Waals surface area contributed by atoms with E-state index in [9.17, 15) is 4.79 Å². The number of hydrogen-bond donors (Lipinski definition) is 1. The lowest BCUT2D eigenvalue weighted by atomic mass is 9.99. The topological polar surface area (TPSA) is 29.1 Å². The third-order valence-corrected chi connectivity index (χ3v) is 3.72. The number of carbonyl (C=O) groups excluding carboxylic acids is 1. The molecule has 2 nitrogen and oxygen atoms in total. The fourth-order valence-corrected chi connectivity index (χ4v) is 2.67. The number of amides is 1. The predicted molar refractivity (Wildman–Crippen MR) is 82.7 cm³/mol. The Labute approximate surface area is 122 Å². The molecule has 1 amide bonds. The zero-order chi connectivity index (χ0) is 14.0. The van der Waals surface area contributed by atoms with Crippen molar-refractivity contribution in [2.45, 2.75) is 20.8 Å². The van der Waals surface area contributed by atoms with E-state index in [0.29, 0.717) is 0 Å². The van der Waals surface area contributed by atoms with Crippen LogP contribution in [0.25, 0.3) is 0 Å². The molecule has 0 unspecified atom stereocenters. The van der Waals surface area contributed by atoms with Crippen molar-refractivity contribution >= 4 is 27.5 Å². The molecule has 2 aromatic carbocycles. The van der Waals surface area contributed by atoms with Gasteiger partial charge < -0.3 is 5.32 Å². The van der Waals surface area contributed by atoms with Crippen LogP contribution in [0.3, 0.4) is 0 Å². The normalized spacial score (nSPS) is 10.3. The first-order chi connectivity index (χ1) is 8.99. The summed E-state index contributed by atoms with van der Waals surface area (Å²) in [5.74, 6) is -0.0677. The summed E-state index contributed by atoms with van der Waals surface area (Å²) in [6.45, 7) is 5.97. The first-order valence-electron chi connectivity index (χ1n) is 6.13. The molecule has 3 heteroatoms. The van der Waals surface area contributed by atoms with Crippen LogP contribution in [0, 0.1) is 20.8 Å². The van der Waals surface area contributed by atoms with Gasteiger partial charge in [-0.2, -0.15) is 0 Å². The maximum atomic E-state index is 12.4. The summed E-state index contributed by atoms with van der Waals surface area (Å²) in [7, 11) is 0. The van der Waals surface area contributed by atoms with Crippen LogP contribution in [0.4, 0.5) is 5.69 Å². The first kappa shape index (κ1) is 13.8. The molecule has 0 aliphatic heterocycles. The first-order valence-corrected chi connectivity index (χ1v) is 6.92. The van der Waals surface area contributed by atoms with E-state index in [1.54, 1.807) is 0 Å². The highest BCUT2D eigenvalue weighted by Gasteiger charge is 2.13. The number of rotatable bonds is 2. The molecule has 0 bridgehead atoms. The van der Waals surface area contributed by atoms with Crippen LogP contribution in [0.2, 0.25) is 0 Å². The Balaban J connectivity index is 2.34. The van der Waals surface area contributed by atoms with E-state index in [-0.39, 0.29) is 5.91 Å². The summed E-state index contributed by atoms with van der Waals surface area (Å²) < 4.78 is 0.880. The average molecular weight is 318 g/mol. The molecule has 98 valence electrons. The number of para-hydroxylation sites is 1. The Morgan fingerprint density at radius 1 is 1.05 bits per heavy atom. The zero-order valence-electron chi connectivity index (χ0n) is 11.3. The number of hydrogen-bond acceptors (Lipinski definition) is 1. The Hall–Kier alpha value is -1.61. The van der Waals surface area contributed by atoms with E-state index in [4.69, 9.17) is 0 Å². The molecule has 19 heavy (non-hydrogen) atoms. The van der Waals surface area contributed by atoms with E-state index in [2.05, 4.69) is 21.2 Å². The van der Waals surface area contributed by atoms with Gasteiger partial charge in [0.2, 0.25) is 0 Å². The lowest BCUT2D eigenvalue weighted by Crippen LogP contribution is -2.15. The molecule has 2 rings (SSSR count). The molecule has 1 N–H and O–H groups in total. The molecule has 0 atom stereocenters. The summed E-state index contributed by atoms with van der Waals surface area (Å²) in [6, 6.07) is 11.7. The maximum absolute atomic E-state index is 12.4. The monoisotopic (exact) mass is 317 g/mol. The summed E-state index contributed by atoms with van der Waals surface area (Å²) in [6.07, 6.45) is 0. The lowest BCUT2D eigenvalue weighted by molar-refractivity contribution is 0.102. The second kappa shape index (κ2) is 5.57. The SMILES string of the molecule is Cc1cc(C)c(C(=O)Nc2ccccc2Br)c(C)c1. The lowest BCUT2D eigenvalue weighted by Gasteiger charge is -2.12. The van der Waals surface area contributed by atoms with Gasteiger partial charge in [-0.05, 0) is 60.0 Å². The third kappa shape index (κ3) is 3.04. The van der Waals surface area contributed by atoms with Crippen molar-refractivity contribution in [3.8, 4) is 0 Å².